The summed E-state index contributed by atoms with van der Waals surface area (Å²) in [5.41, 5.74) is 5.80. The van der Waals surface area contributed by atoms with Gasteiger partial charge in [0.25, 0.3) is 0 Å². The van der Waals surface area contributed by atoms with Crippen LogP contribution in [0.15, 0.2) is 27.6 Å². The van der Waals surface area contributed by atoms with Crippen LogP contribution >= 0.6 is 15.9 Å². The summed E-state index contributed by atoms with van der Waals surface area (Å²) >= 11 is 3.14. The Hall–Kier alpha value is -0.590. The molecule has 0 aliphatic heterocycles. The van der Waals surface area contributed by atoms with Gasteiger partial charge in [-0.25, -0.2) is 13.6 Å². The average Bonchev–Trinajstić information content (AvgIpc) is 1.92. The second-order valence-electron chi connectivity index (χ2n) is 2.23. The lowest BCUT2D eigenvalue weighted by atomic mass is 10.3. The summed E-state index contributed by atoms with van der Waals surface area (Å²) in [6.07, 6.45) is 0. The van der Waals surface area contributed by atoms with E-state index in [9.17, 15) is 8.42 Å². The Morgan fingerprint density at radius 1 is 1.33 bits per heavy atom. The van der Waals surface area contributed by atoms with Crippen molar-refractivity contribution in [3.8, 4) is 0 Å². The number of anilines is 1. The Bertz CT molecular complexity index is 402. The van der Waals surface area contributed by atoms with E-state index in [1.54, 1.807) is 0 Å². The highest BCUT2D eigenvalue weighted by atomic mass is 79.9. The minimum absolute atomic E-state index is 0.0169. The molecule has 66 valence electrons. The largest absolute Gasteiger partial charge is 0.398 e. The first-order chi connectivity index (χ1) is 5.41. The maximum absolute atomic E-state index is 10.8. The van der Waals surface area contributed by atoms with Gasteiger partial charge >= 0.3 is 0 Å². The van der Waals surface area contributed by atoms with Gasteiger partial charge in [-0.15, -0.1) is 0 Å². The van der Waals surface area contributed by atoms with Gasteiger partial charge in [-0.3, -0.25) is 0 Å². The second-order valence-corrected chi connectivity index (χ2v) is 4.64. The van der Waals surface area contributed by atoms with Crippen LogP contribution < -0.4 is 10.9 Å². The van der Waals surface area contributed by atoms with Crippen LogP contribution in [0.1, 0.15) is 0 Å². The van der Waals surface area contributed by atoms with Crippen LogP contribution in [0.3, 0.4) is 0 Å². The van der Waals surface area contributed by atoms with Gasteiger partial charge in [0, 0.05) is 10.2 Å². The third-order valence-electron chi connectivity index (χ3n) is 1.30. The molecule has 0 aromatic heterocycles. The summed E-state index contributed by atoms with van der Waals surface area (Å²) in [5, 5.41) is 4.88. The summed E-state index contributed by atoms with van der Waals surface area (Å²) < 4.78 is 22.3. The van der Waals surface area contributed by atoms with Crippen molar-refractivity contribution in [1.29, 1.82) is 0 Å². The van der Waals surface area contributed by atoms with Crippen LogP contribution in [0, 0.1) is 0 Å². The van der Waals surface area contributed by atoms with Gasteiger partial charge in [-0.05, 0) is 34.1 Å². The van der Waals surface area contributed by atoms with Crippen molar-refractivity contribution >= 4 is 31.6 Å². The molecule has 0 bridgehead atoms. The van der Waals surface area contributed by atoms with Crippen molar-refractivity contribution in [3.05, 3.63) is 22.7 Å². The number of rotatable bonds is 1. The number of hydrogen-bond donors (Lipinski definition) is 2. The van der Waals surface area contributed by atoms with Gasteiger partial charge < -0.3 is 5.73 Å². The summed E-state index contributed by atoms with van der Waals surface area (Å²) in [6, 6.07) is 4.23. The fourth-order valence-electron chi connectivity index (χ4n) is 0.699. The number of nitrogens with two attached hydrogens (primary N) is 2. The Kier molecular flexibility index (Phi) is 2.41. The molecule has 4 nitrogen and oxygen atoms in total. The van der Waals surface area contributed by atoms with Crippen molar-refractivity contribution in [3.63, 3.8) is 0 Å². The van der Waals surface area contributed by atoms with Gasteiger partial charge in [0.2, 0.25) is 10.0 Å². The third-order valence-corrected chi connectivity index (χ3v) is 2.93. The second kappa shape index (κ2) is 3.04. The van der Waals surface area contributed by atoms with Crippen LogP contribution in [0.2, 0.25) is 0 Å². The molecule has 0 heterocycles. The van der Waals surface area contributed by atoms with E-state index in [0.29, 0.717) is 10.2 Å². The number of nitrogen functional groups attached to an aromatic ring is 1. The molecule has 12 heavy (non-hydrogen) atoms. The molecule has 0 radical (unpaired) electrons. The smallest absolute Gasteiger partial charge is 0.238 e. The van der Waals surface area contributed by atoms with Crippen LogP contribution in [0.5, 0.6) is 0 Å². The monoisotopic (exact) mass is 250 g/mol. The molecule has 1 aromatic rings. The van der Waals surface area contributed by atoms with Gasteiger partial charge in [0.15, 0.2) is 0 Å². The fourth-order valence-corrected chi connectivity index (χ4v) is 1.49. The molecule has 1 aromatic carbocycles. The average molecular weight is 251 g/mol. The van der Waals surface area contributed by atoms with Gasteiger partial charge in [0.1, 0.15) is 0 Å². The Morgan fingerprint density at radius 2 is 1.92 bits per heavy atom. The minimum atomic E-state index is -3.64. The summed E-state index contributed by atoms with van der Waals surface area (Å²) in [5.74, 6) is 0. The summed E-state index contributed by atoms with van der Waals surface area (Å²) in [6.45, 7) is 0. The zero-order chi connectivity index (χ0) is 9.35. The first-order valence-electron chi connectivity index (χ1n) is 2.99. The zero-order valence-electron chi connectivity index (χ0n) is 5.99. The molecule has 0 atom stereocenters. The maximum Gasteiger partial charge on any atom is 0.238 e. The molecule has 4 N–H and O–H groups in total. The van der Waals surface area contributed by atoms with E-state index in [-0.39, 0.29) is 4.90 Å². The molecule has 1 rings (SSSR count). The molecule has 0 spiro atoms. The molecule has 0 aliphatic rings. The number of hydrogen-bond acceptors (Lipinski definition) is 3. The predicted octanol–water partition coefficient (Wildman–Crippen LogP) is 0.679. The summed E-state index contributed by atoms with van der Waals surface area (Å²) in [4.78, 5) is 0.0169. The molecule has 0 unspecified atom stereocenters. The van der Waals surface area contributed by atoms with Crippen LogP contribution in [-0.4, -0.2) is 8.42 Å². The quantitative estimate of drug-likeness (QED) is 0.719. The number of benzene rings is 1. The zero-order valence-corrected chi connectivity index (χ0v) is 8.39. The molecular weight excluding hydrogens is 244 g/mol. The summed E-state index contributed by atoms with van der Waals surface area (Å²) in [7, 11) is -3.64. The minimum Gasteiger partial charge on any atom is -0.398 e. The molecule has 6 heteroatoms. The first-order valence-corrected chi connectivity index (χ1v) is 5.33. The Morgan fingerprint density at radius 3 is 2.33 bits per heavy atom. The topological polar surface area (TPSA) is 86.2 Å². The van der Waals surface area contributed by atoms with Crippen LogP contribution in [0.4, 0.5) is 5.69 Å². The van der Waals surface area contributed by atoms with E-state index >= 15 is 0 Å². The van der Waals surface area contributed by atoms with Crippen molar-refractivity contribution in [2.45, 2.75) is 4.90 Å². The number of sulfonamides is 1. The van der Waals surface area contributed by atoms with Crippen molar-refractivity contribution < 1.29 is 8.42 Å². The molecule has 0 fully saturated rings. The highest BCUT2D eigenvalue weighted by Gasteiger charge is 2.08. The van der Waals surface area contributed by atoms with E-state index < -0.39 is 10.0 Å². The van der Waals surface area contributed by atoms with Crippen molar-refractivity contribution in [1.82, 2.24) is 0 Å². The maximum atomic E-state index is 10.8. The third kappa shape index (κ3) is 1.96. The molecule has 0 aliphatic carbocycles. The van der Waals surface area contributed by atoms with E-state index in [2.05, 4.69) is 15.9 Å². The highest BCUT2D eigenvalue weighted by molar-refractivity contribution is 9.10. The van der Waals surface area contributed by atoms with Gasteiger partial charge in [-0.1, -0.05) is 0 Å². The standard InChI is InChI=1S/C6H7BrN2O2S/c7-5-2-1-4(3-6(5)8)12(9,10)11/h1-3H,8H2,(H2,9,10,11). The normalized spacial score (nSPS) is 11.5. The Balaban J connectivity index is 3.33. The lowest BCUT2D eigenvalue weighted by molar-refractivity contribution is 0.598. The van der Waals surface area contributed by atoms with Crippen molar-refractivity contribution in [2.75, 3.05) is 5.73 Å². The predicted molar refractivity (Wildman–Crippen MR) is 49.9 cm³/mol. The van der Waals surface area contributed by atoms with Crippen LogP contribution in [-0.2, 0) is 10.0 Å². The lowest BCUT2D eigenvalue weighted by Gasteiger charge is -2.00. The fraction of sp³-hybridized carbons (Fsp3) is 0. The van der Waals surface area contributed by atoms with E-state index in [0.717, 1.165) is 0 Å². The van der Waals surface area contributed by atoms with Gasteiger partial charge in [-0.2, -0.15) is 0 Å². The number of primary sulfonamides is 1. The Labute approximate surface area is 78.7 Å². The molecule has 0 saturated heterocycles. The van der Waals surface area contributed by atoms with Gasteiger partial charge in [0.05, 0.1) is 4.90 Å². The highest BCUT2D eigenvalue weighted by Crippen LogP contribution is 2.21. The molecule has 0 saturated carbocycles. The van der Waals surface area contributed by atoms with E-state index in [1.165, 1.54) is 18.2 Å². The molecule has 0 amide bonds. The molecular formula is C6H7BrN2O2S. The lowest BCUT2D eigenvalue weighted by Crippen LogP contribution is -2.12. The SMILES string of the molecule is Nc1cc(S(N)(=O)=O)ccc1Br. The van der Waals surface area contributed by atoms with Crippen LogP contribution in [0.25, 0.3) is 0 Å². The van der Waals surface area contributed by atoms with E-state index in [1.807, 2.05) is 0 Å². The van der Waals surface area contributed by atoms with Crippen molar-refractivity contribution in [2.24, 2.45) is 5.14 Å². The first kappa shape index (κ1) is 9.50. The number of halogens is 1. The van der Waals surface area contributed by atoms with E-state index in [4.69, 9.17) is 10.9 Å².